The van der Waals surface area contributed by atoms with Crippen LogP contribution in [0.1, 0.15) is 35.3 Å². The molecule has 0 aliphatic rings. The molecule has 126 valence electrons. The van der Waals surface area contributed by atoms with Gasteiger partial charge in [0.05, 0.1) is 0 Å². The number of nitrogens with one attached hydrogen (secondary N) is 1. The molecule has 2 aromatic rings. The van der Waals surface area contributed by atoms with Crippen molar-refractivity contribution in [1.82, 2.24) is 5.32 Å². The van der Waals surface area contributed by atoms with Gasteiger partial charge in [-0.3, -0.25) is 4.79 Å². The highest BCUT2D eigenvalue weighted by Gasteiger charge is 2.26. The zero-order valence-corrected chi connectivity index (χ0v) is 14.3. The first kappa shape index (κ1) is 17.7. The number of amides is 1. The Hall–Kier alpha value is -2.62. The smallest absolute Gasteiger partial charge is 0.329 e. The zero-order valence-electron chi connectivity index (χ0n) is 14.3. The number of ether oxygens (including phenoxy) is 1. The molecule has 2 rings (SSSR count). The summed E-state index contributed by atoms with van der Waals surface area (Å²) >= 11 is 0. The van der Waals surface area contributed by atoms with E-state index in [-0.39, 0.29) is 18.4 Å². The molecule has 24 heavy (non-hydrogen) atoms. The number of rotatable bonds is 6. The van der Waals surface area contributed by atoms with Crippen molar-refractivity contribution in [3.63, 3.8) is 0 Å². The topological polar surface area (TPSA) is 55.4 Å². The lowest BCUT2D eigenvalue weighted by Crippen LogP contribution is -2.45. The second-order valence-electron chi connectivity index (χ2n) is 6.15. The standard InChI is InChI=1S/C20H23NO3/c1-14(2)18(20(23)24-13-16-7-5-4-6-8-16)21-19(22)17-11-9-15(3)10-12-17/h4-12,14,18H,13H2,1-3H3,(H,21,22). The summed E-state index contributed by atoms with van der Waals surface area (Å²) < 4.78 is 5.35. The molecule has 0 fully saturated rings. The molecule has 0 aromatic heterocycles. The fraction of sp³-hybridized carbons (Fsp3) is 0.300. The van der Waals surface area contributed by atoms with E-state index in [1.54, 1.807) is 12.1 Å². The fourth-order valence-corrected chi connectivity index (χ4v) is 2.25. The SMILES string of the molecule is Cc1ccc(C(=O)NC(C(=O)OCc2ccccc2)C(C)C)cc1. The zero-order chi connectivity index (χ0) is 17.5. The van der Waals surface area contributed by atoms with Crippen molar-refractivity contribution in [2.45, 2.75) is 33.4 Å². The first-order valence-corrected chi connectivity index (χ1v) is 8.05. The molecule has 1 atom stereocenters. The van der Waals surface area contributed by atoms with Gasteiger partial charge in [0.15, 0.2) is 0 Å². The van der Waals surface area contributed by atoms with Gasteiger partial charge in [-0.05, 0) is 30.5 Å². The molecule has 2 aromatic carbocycles. The first-order chi connectivity index (χ1) is 11.5. The number of carbonyl (C=O) groups is 2. The maximum atomic E-state index is 12.3. The Morgan fingerprint density at radius 2 is 1.62 bits per heavy atom. The maximum absolute atomic E-state index is 12.3. The van der Waals surface area contributed by atoms with Gasteiger partial charge in [0, 0.05) is 5.56 Å². The Balaban J connectivity index is 1.99. The molecule has 0 aliphatic heterocycles. The van der Waals surface area contributed by atoms with Crippen LogP contribution in [0.4, 0.5) is 0 Å². The maximum Gasteiger partial charge on any atom is 0.329 e. The van der Waals surface area contributed by atoms with Gasteiger partial charge < -0.3 is 10.1 Å². The van der Waals surface area contributed by atoms with Crippen molar-refractivity contribution < 1.29 is 14.3 Å². The lowest BCUT2D eigenvalue weighted by molar-refractivity contribution is -0.148. The van der Waals surface area contributed by atoms with Crippen molar-refractivity contribution >= 4 is 11.9 Å². The van der Waals surface area contributed by atoms with Gasteiger partial charge >= 0.3 is 5.97 Å². The normalized spacial score (nSPS) is 11.8. The van der Waals surface area contributed by atoms with Crippen LogP contribution in [-0.2, 0) is 16.1 Å². The summed E-state index contributed by atoms with van der Waals surface area (Å²) in [5, 5.41) is 2.77. The molecule has 0 aliphatic carbocycles. The molecular weight excluding hydrogens is 302 g/mol. The highest BCUT2D eigenvalue weighted by atomic mass is 16.5. The highest BCUT2D eigenvalue weighted by molar-refractivity contribution is 5.96. The van der Waals surface area contributed by atoms with Crippen LogP contribution in [0, 0.1) is 12.8 Å². The summed E-state index contributed by atoms with van der Waals surface area (Å²) in [6.45, 7) is 5.91. The Morgan fingerprint density at radius 3 is 2.21 bits per heavy atom. The predicted octanol–water partition coefficient (Wildman–Crippen LogP) is 3.49. The van der Waals surface area contributed by atoms with E-state index in [9.17, 15) is 9.59 Å². The molecule has 1 amide bonds. The number of esters is 1. The minimum Gasteiger partial charge on any atom is -0.459 e. The Morgan fingerprint density at radius 1 is 1.00 bits per heavy atom. The summed E-state index contributed by atoms with van der Waals surface area (Å²) in [5.41, 5.74) is 2.52. The van der Waals surface area contributed by atoms with Crippen molar-refractivity contribution in [1.29, 1.82) is 0 Å². The van der Waals surface area contributed by atoms with Crippen LogP contribution < -0.4 is 5.32 Å². The van der Waals surface area contributed by atoms with Crippen molar-refractivity contribution in [3.8, 4) is 0 Å². The average Bonchev–Trinajstić information content (AvgIpc) is 2.58. The molecular formula is C20H23NO3. The van der Waals surface area contributed by atoms with Crippen LogP contribution in [0.25, 0.3) is 0 Å². The van der Waals surface area contributed by atoms with E-state index in [1.807, 2.05) is 63.2 Å². The summed E-state index contributed by atoms with van der Waals surface area (Å²) in [6, 6.07) is 16.0. The number of hydrogen-bond donors (Lipinski definition) is 1. The minimum atomic E-state index is -0.678. The van der Waals surface area contributed by atoms with E-state index >= 15 is 0 Å². The van der Waals surface area contributed by atoms with Gasteiger partial charge in [0.2, 0.25) is 0 Å². The number of hydrogen-bond acceptors (Lipinski definition) is 3. The van der Waals surface area contributed by atoms with Crippen LogP contribution in [0.5, 0.6) is 0 Å². The summed E-state index contributed by atoms with van der Waals surface area (Å²) in [4.78, 5) is 24.7. The quantitative estimate of drug-likeness (QED) is 0.827. The van der Waals surface area contributed by atoms with Gasteiger partial charge in [0.25, 0.3) is 5.91 Å². The Labute approximate surface area is 142 Å². The van der Waals surface area contributed by atoms with Crippen LogP contribution >= 0.6 is 0 Å². The third-order valence-electron chi connectivity index (χ3n) is 3.74. The van der Waals surface area contributed by atoms with Gasteiger partial charge in [-0.25, -0.2) is 4.79 Å². The fourth-order valence-electron chi connectivity index (χ4n) is 2.25. The molecule has 1 N–H and O–H groups in total. The third-order valence-corrected chi connectivity index (χ3v) is 3.74. The summed E-state index contributed by atoms with van der Waals surface area (Å²) in [7, 11) is 0. The van der Waals surface area contributed by atoms with Crippen LogP contribution in [-0.4, -0.2) is 17.9 Å². The number of aryl methyl sites for hydroxylation is 1. The van der Waals surface area contributed by atoms with Crippen LogP contribution in [0.15, 0.2) is 54.6 Å². The molecule has 0 spiro atoms. The number of carbonyl (C=O) groups excluding carboxylic acids is 2. The third kappa shape index (κ3) is 4.95. The molecule has 0 heterocycles. The summed E-state index contributed by atoms with van der Waals surface area (Å²) in [6.07, 6.45) is 0. The van der Waals surface area contributed by atoms with Gasteiger partial charge in [-0.2, -0.15) is 0 Å². The van der Waals surface area contributed by atoms with E-state index < -0.39 is 12.0 Å². The second kappa shape index (κ2) is 8.29. The predicted molar refractivity (Wildman–Crippen MR) is 93.5 cm³/mol. The van der Waals surface area contributed by atoms with Crippen LogP contribution in [0.2, 0.25) is 0 Å². The van der Waals surface area contributed by atoms with E-state index in [4.69, 9.17) is 4.74 Å². The van der Waals surface area contributed by atoms with E-state index in [2.05, 4.69) is 5.32 Å². The first-order valence-electron chi connectivity index (χ1n) is 8.05. The minimum absolute atomic E-state index is 0.0670. The molecule has 0 saturated heterocycles. The van der Waals surface area contributed by atoms with Crippen LogP contribution in [0.3, 0.4) is 0 Å². The Kier molecular flexibility index (Phi) is 6.13. The molecule has 4 heteroatoms. The lowest BCUT2D eigenvalue weighted by Gasteiger charge is -2.21. The highest BCUT2D eigenvalue weighted by Crippen LogP contribution is 2.10. The van der Waals surface area contributed by atoms with Gasteiger partial charge in [0.1, 0.15) is 12.6 Å². The van der Waals surface area contributed by atoms with E-state index in [0.717, 1.165) is 11.1 Å². The van der Waals surface area contributed by atoms with Crippen molar-refractivity contribution in [2.75, 3.05) is 0 Å². The molecule has 0 bridgehead atoms. The Bertz CT molecular complexity index is 678. The lowest BCUT2D eigenvalue weighted by atomic mass is 10.0. The number of benzene rings is 2. The van der Waals surface area contributed by atoms with Crippen molar-refractivity contribution in [2.24, 2.45) is 5.92 Å². The molecule has 4 nitrogen and oxygen atoms in total. The monoisotopic (exact) mass is 325 g/mol. The molecule has 1 unspecified atom stereocenters. The van der Waals surface area contributed by atoms with Crippen molar-refractivity contribution in [3.05, 3.63) is 71.3 Å². The second-order valence-corrected chi connectivity index (χ2v) is 6.15. The molecule has 0 radical (unpaired) electrons. The van der Waals surface area contributed by atoms with E-state index in [1.165, 1.54) is 0 Å². The van der Waals surface area contributed by atoms with E-state index in [0.29, 0.717) is 5.56 Å². The summed E-state index contributed by atoms with van der Waals surface area (Å²) in [5.74, 6) is -0.762. The van der Waals surface area contributed by atoms with Gasteiger partial charge in [-0.15, -0.1) is 0 Å². The van der Waals surface area contributed by atoms with Gasteiger partial charge in [-0.1, -0.05) is 61.9 Å². The average molecular weight is 325 g/mol. The largest absolute Gasteiger partial charge is 0.459 e. The molecule has 0 saturated carbocycles.